The Morgan fingerprint density at radius 1 is 1.06 bits per heavy atom. The van der Waals surface area contributed by atoms with E-state index in [4.69, 9.17) is 4.74 Å². The molecule has 1 N–H and O–H groups in total. The molecule has 0 unspecified atom stereocenters. The molecule has 3 aromatic rings. The first-order valence-corrected chi connectivity index (χ1v) is 10.9. The predicted molar refractivity (Wildman–Crippen MR) is 121 cm³/mol. The predicted octanol–water partition coefficient (Wildman–Crippen LogP) is 5.10. The van der Waals surface area contributed by atoms with Crippen molar-refractivity contribution < 1.29 is 27.5 Å². The van der Waals surface area contributed by atoms with E-state index in [1.807, 2.05) is 6.92 Å². The number of carbonyl (C=O) groups is 2. The number of hydrogen-bond acceptors (Lipinski definition) is 3. The maximum Gasteiger partial charge on any atom is 0.263 e. The van der Waals surface area contributed by atoms with Crippen molar-refractivity contribution in [3.63, 3.8) is 0 Å². The van der Waals surface area contributed by atoms with Crippen LogP contribution in [0.3, 0.4) is 0 Å². The molecule has 0 fully saturated rings. The summed E-state index contributed by atoms with van der Waals surface area (Å²) in [6, 6.07) is 14.1. The van der Waals surface area contributed by atoms with Crippen molar-refractivity contribution in [2.24, 2.45) is 0 Å². The average Bonchev–Trinajstić information content (AvgIpc) is 2.94. The number of ether oxygens (including phenoxy) is 1. The highest BCUT2D eigenvalue weighted by molar-refractivity contribution is 6.04. The zero-order valence-corrected chi connectivity index (χ0v) is 18.5. The highest BCUT2D eigenvalue weighted by Crippen LogP contribution is 2.30. The summed E-state index contributed by atoms with van der Waals surface area (Å²) in [5, 5.41) is 2.51. The molecule has 0 spiro atoms. The van der Waals surface area contributed by atoms with Crippen molar-refractivity contribution >= 4 is 17.5 Å². The Labute approximate surface area is 195 Å². The highest BCUT2D eigenvalue weighted by Gasteiger charge is 2.30. The minimum atomic E-state index is -0.959. The zero-order valence-electron chi connectivity index (χ0n) is 18.5. The number of fused-ring (bicyclic) bond motifs is 1. The lowest BCUT2D eigenvalue weighted by molar-refractivity contribution is -0.138. The van der Waals surface area contributed by atoms with Gasteiger partial charge in [0.1, 0.15) is 28.8 Å². The largest absolute Gasteiger partial charge is 0.480 e. The lowest BCUT2D eigenvalue weighted by Crippen LogP contribution is -2.40. The van der Waals surface area contributed by atoms with E-state index in [1.54, 1.807) is 35.2 Å². The van der Waals surface area contributed by atoms with Gasteiger partial charge in [-0.2, -0.15) is 0 Å². The molecule has 0 aromatic heterocycles. The van der Waals surface area contributed by atoms with Crippen molar-refractivity contribution in [2.75, 3.05) is 11.9 Å². The van der Waals surface area contributed by atoms with E-state index in [0.717, 1.165) is 17.7 Å². The monoisotopic (exact) mass is 468 g/mol. The molecule has 0 saturated heterocycles. The number of benzene rings is 3. The van der Waals surface area contributed by atoms with Crippen LogP contribution in [0.4, 0.5) is 18.9 Å². The molecule has 0 bridgehead atoms. The fourth-order valence-electron chi connectivity index (χ4n) is 3.86. The van der Waals surface area contributed by atoms with Gasteiger partial charge in [0.25, 0.3) is 11.8 Å². The zero-order chi connectivity index (χ0) is 24.2. The molecule has 0 radical (unpaired) electrons. The summed E-state index contributed by atoms with van der Waals surface area (Å²) in [4.78, 5) is 27.2. The number of rotatable bonds is 6. The van der Waals surface area contributed by atoms with E-state index in [1.165, 1.54) is 18.2 Å². The summed E-state index contributed by atoms with van der Waals surface area (Å²) in [6.45, 7) is 2.47. The van der Waals surface area contributed by atoms with Gasteiger partial charge in [0.05, 0.1) is 0 Å². The summed E-state index contributed by atoms with van der Waals surface area (Å²) in [5.41, 5.74) is 1.18. The Kier molecular flexibility index (Phi) is 6.86. The standard InChI is InChI=1S/C26H23F3N2O3/c1-2-22-26(33)31(13-12-16-6-8-18(27)9-7-16)15-17-14-19(10-11-23(17)34-22)30-25(32)24-20(28)4-3-5-21(24)29/h3-11,14,22H,2,12-13,15H2,1H3,(H,30,32)/t22-/m0/s1. The van der Waals surface area contributed by atoms with Gasteiger partial charge in [0, 0.05) is 24.3 Å². The van der Waals surface area contributed by atoms with Crippen molar-refractivity contribution in [1.29, 1.82) is 0 Å². The molecule has 34 heavy (non-hydrogen) atoms. The molecule has 3 aromatic carbocycles. The first-order valence-electron chi connectivity index (χ1n) is 10.9. The van der Waals surface area contributed by atoms with Crippen molar-refractivity contribution in [3.8, 4) is 5.75 Å². The van der Waals surface area contributed by atoms with Crippen LogP contribution in [0.25, 0.3) is 0 Å². The maximum absolute atomic E-state index is 14.0. The van der Waals surface area contributed by atoms with Gasteiger partial charge in [-0.1, -0.05) is 25.1 Å². The van der Waals surface area contributed by atoms with Gasteiger partial charge >= 0.3 is 0 Å². The maximum atomic E-state index is 14.0. The Bertz CT molecular complexity index is 1190. The van der Waals surface area contributed by atoms with Gasteiger partial charge in [-0.15, -0.1) is 0 Å². The first kappa shape index (κ1) is 23.4. The average molecular weight is 468 g/mol. The van der Waals surface area contributed by atoms with Gasteiger partial charge in [0.2, 0.25) is 0 Å². The minimum Gasteiger partial charge on any atom is -0.480 e. The van der Waals surface area contributed by atoms with E-state index in [-0.39, 0.29) is 18.3 Å². The minimum absolute atomic E-state index is 0.167. The number of nitrogens with one attached hydrogen (secondary N) is 1. The second-order valence-corrected chi connectivity index (χ2v) is 8.02. The van der Waals surface area contributed by atoms with E-state index in [0.29, 0.717) is 36.4 Å². The van der Waals surface area contributed by atoms with Gasteiger partial charge in [-0.25, -0.2) is 13.2 Å². The van der Waals surface area contributed by atoms with Crippen molar-refractivity contribution in [1.82, 2.24) is 4.90 Å². The second-order valence-electron chi connectivity index (χ2n) is 8.02. The molecular weight excluding hydrogens is 445 g/mol. The van der Waals surface area contributed by atoms with Crippen LogP contribution in [0.1, 0.15) is 34.8 Å². The van der Waals surface area contributed by atoms with Crippen LogP contribution in [0.2, 0.25) is 0 Å². The highest BCUT2D eigenvalue weighted by atomic mass is 19.1. The summed E-state index contributed by atoms with van der Waals surface area (Å²) in [5.74, 6) is -2.83. The quantitative estimate of drug-likeness (QED) is 0.548. The Morgan fingerprint density at radius 3 is 2.44 bits per heavy atom. The van der Waals surface area contributed by atoms with Gasteiger partial charge < -0.3 is 15.0 Å². The summed E-state index contributed by atoms with van der Waals surface area (Å²) in [6.07, 6.45) is 0.333. The van der Waals surface area contributed by atoms with Gasteiger partial charge in [-0.3, -0.25) is 9.59 Å². The Hall–Kier alpha value is -3.81. The van der Waals surface area contributed by atoms with E-state index in [2.05, 4.69) is 5.32 Å². The number of anilines is 1. The van der Waals surface area contributed by atoms with Crippen LogP contribution in [-0.4, -0.2) is 29.4 Å². The van der Waals surface area contributed by atoms with Crippen molar-refractivity contribution in [2.45, 2.75) is 32.4 Å². The SMILES string of the molecule is CC[C@@H]1Oc2ccc(NC(=O)c3c(F)cccc3F)cc2CN(CCc2ccc(F)cc2)C1=O. The van der Waals surface area contributed by atoms with Crippen LogP contribution in [-0.2, 0) is 17.8 Å². The summed E-state index contributed by atoms with van der Waals surface area (Å²) in [7, 11) is 0. The van der Waals surface area contributed by atoms with Crippen LogP contribution in [0, 0.1) is 17.5 Å². The molecule has 0 saturated carbocycles. The fourth-order valence-corrected chi connectivity index (χ4v) is 3.86. The number of carbonyl (C=O) groups excluding carboxylic acids is 2. The molecule has 1 heterocycles. The molecule has 176 valence electrons. The van der Waals surface area contributed by atoms with Crippen LogP contribution >= 0.6 is 0 Å². The van der Waals surface area contributed by atoms with Crippen LogP contribution in [0.15, 0.2) is 60.7 Å². The van der Waals surface area contributed by atoms with E-state index < -0.39 is 29.2 Å². The molecule has 1 aliphatic rings. The Morgan fingerprint density at radius 2 is 1.76 bits per heavy atom. The number of nitrogens with zero attached hydrogens (tertiary/aromatic N) is 1. The number of halogens is 3. The fraction of sp³-hybridized carbons (Fsp3) is 0.231. The summed E-state index contributed by atoms with van der Waals surface area (Å²) < 4.78 is 47.0. The normalized spacial score (nSPS) is 15.4. The third-order valence-corrected chi connectivity index (χ3v) is 5.68. The van der Waals surface area contributed by atoms with Crippen LogP contribution < -0.4 is 10.1 Å². The first-order chi connectivity index (χ1) is 16.4. The molecular formula is C26H23F3N2O3. The van der Waals surface area contributed by atoms with Gasteiger partial charge in [0.15, 0.2) is 6.10 Å². The Balaban J connectivity index is 1.55. The molecule has 5 nitrogen and oxygen atoms in total. The smallest absolute Gasteiger partial charge is 0.263 e. The van der Waals surface area contributed by atoms with Gasteiger partial charge in [-0.05, 0) is 60.9 Å². The lowest BCUT2D eigenvalue weighted by atomic mass is 10.1. The molecule has 1 atom stereocenters. The second kappa shape index (κ2) is 9.99. The number of amides is 2. The van der Waals surface area contributed by atoms with E-state index in [9.17, 15) is 22.8 Å². The van der Waals surface area contributed by atoms with Crippen molar-refractivity contribution in [3.05, 3.63) is 94.8 Å². The molecule has 2 amide bonds. The molecule has 4 rings (SSSR count). The third-order valence-electron chi connectivity index (χ3n) is 5.68. The molecule has 0 aliphatic carbocycles. The number of hydrogen-bond donors (Lipinski definition) is 1. The lowest BCUT2D eigenvalue weighted by Gasteiger charge is -2.23. The topological polar surface area (TPSA) is 58.6 Å². The van der Waals surface area contributed by atoms with Crippen LogP contribution in [0.5, 0.6) is 5.75 Å². The molecule has 8 heteroatoms. The summed E-state index contributed by atoms with van der Waals surface area (Å²) >= 11 is 0. The van der Waals surface area contributed by atoms with E-state index >= 15 is 0 Å². The molecule has 1 aliphatic heterocycles. The third kappa shape index (κ3) is 5.06.